The second kappa shape index (κ2) is 5.88. The molecule has 0 amide bonds. The molecule has 104 valence electrons. The van der Waals surface area contributed by atoms with E-state index in [0.29, 0.717) is 11.7 Å². The van der Waals surface area contributed by atoms with Gasteiger partial charge in [0.1, 0.15) is 10.8 Å². The van der Waals surface area contributed by atoms with E-state index in [4.69, 9.17) is 5.73 Å². The van der Waals surface area contributed by atoms with Crippen molar-refractivity contribution < 1.29 is 0 Å². The zero-order chi connectivity index (χ0) is 14.0. The number of anilines is 2. The van der Waals surface area contributed by atoms with Crippen molar-refractivity contribution in [2.24, 2.45) is 5.92 Å². The van der Waals surface area contributed by atoms with Crippen molar-refractivity contribution in [2.75, 3.05) is 23.7 Å². The second-order valence-corrected chi connectivity index (χ2v) is 6.75. The molecular formula is C13H20N4S2. The largest absolute Gasteiger partial charge is 0.382 e. The molecule has 19 heavy (non-hydrogen) atoms. The predicted molar refractivity (Wildman–Crippen MR) is 85.1 cm³/mol. The average molecular weight is 296 g/mol. The molecule has 0 saturated carbocycles. The SMILES string of the molecule is CCN(CC(C)C)c1snc(N)c1-c1csc(C)n1. The van der Waals surface area contributed by atoms with Crippen LogP contribution in [-0.4, -0.2) is 22.4 Å². The van der Waals surface area contributed by atoms with Gasteiger partial charge in [-0.1, -0.05) is 13.8 Å². The maximum atomic E-state index is 6.04. The Morgan fingerprint density at radius 3 is 2.68 bits per heavy atom. The van der Waals surface area contributed by atoms with Crippen LogP contribution in [0.25, 0.3) is 11.3 Å². The molecule has 0 aromatic carbocycles. The van der Waals surface area contributed by atoms with Gasteiger partial charge in [0, 0.05) is 18.5 Å². The normalized spacial score (nSPS) is 11.2. The van der Waals surface area contributed by atoms with Gasteiger partial charge in [-0.25, -0.2) is 4.98 Å². The lowest BCUT2D eigenvalue weighted by Gasteiger charge is -2.24. The fraction of sp³-hybridized carbons (Fsp3) is 0.538. The first-order chi connectivity index (χ1) is 9.02. The van der Waals surface area contributed by atoms with Crippen LogP contribution in [0.2, 0.25) is 0 Å². The Morgan fingerprint density at radius 1 is 1.42 bits per heavy atom. The van der Waals surface area contributed by atoms with E-state index in [0.717, 1.165) is 34.4 Å². The number of aryl methyl sites for hydroxylation is 1. The van der Waals surface area contributed by atoms with Gasteiger partial charge in [-0.2, -0.15) is 4.37 Å². The van der Waals surface area contributed by atoms with E-state index in [1.165, 1.54) is 11.5 Å². The van der Waals surface area contributed by atoms with Crippen LogP contribution in [0.15, 0.2) is 5.38 Å². The number of nitrogens with two attached hydrogens (primary N) is 1. The highest BCUT2D eigenvalue weighted by molar-refractivity contribution is 7.11. The van der Waals surface area contributed by atoms with Crippen molar-refractivity contribution in [1.29, 1.82) is 0 Å². The molecule has 0 bridgehead atoms. The molecule has 6 heteroatoms. The van der Waals surface area contributed by atoms with E-state index >= 15 is 0 Å². The molecule has 0 atom stereocenters. The molecule has 0 unspecified atom stereocenters. The summed E-state index contributed by atoms with van der Waals surface area (Å²) in [6, 6.07) is 0. The smallest absolute Gasteiger partial charge is 0.148 e. The highest BCUT2D eigenvalue weighted by Crippen LogP contribution is 2.39. The Morgan fingerprint density at radius 2 is 2.16 bits per heavy atom. The Balaban J connectivity index is 2.41. The van der Waals surface area contributed by atoms with Crippen molar-refractivity contribution >= 4 is 33.7 Å². The Labute approximate surface area is 122 Å². The van der Waals surface area contributed by atoms with Gasteiger partial charge in [0.15, 0.2) is 0 Å². The van der Waals surface area contributed by atoms with Crippen molar-refractivity contribution in [3.05, 3.63) is 10.4 Å². The summed E-state index contributed by atoms with van der Waals surface area (Å²) in [7, 11) is 0. The summed E-state index contributed by atoms with van der Waals surface area (Å²) in [6.45, 7) is 10.6. The van der Waals surface area contributed by atoms with E-state index in [2.05, 4.69) is 40.4 Å². The first kappa shape index (κ1) is 14.3. The van der Waals surface area contributed by atoms with Crippen LogP contribution in [0.3, 0.4) is 0 Å². The number of hydrogen-bond acceptors (Lipinski definition) is 6. The highest BCUT2D eigenvalue weighted by atomic mass is 32.1. The molecule has 0 aliphatic carbocycles. The molecule has 2 aromatic heterocycles. The van der Waals surface area contributed by atoms with Gasteiger partial charge in [-0.05, 0) is 31.3 Å². The number of nitrogens with zero attached hydrogens (tertiary/aromatic N) is 3. The van der Waals surface area contributed by atoms with Gasteiger partial charge in [0.2, 0.25) is 0 Å². The molecular weight excluding hydrogens is 276 g/mol. The van der Waals surface area contributed by atoms with E-state index in [1.54, 1.807) is 11.3 Å². The van der Waals surface area contributed by atoms with Gasteiger partial charge in [0.25, 0.3) is 0 Å². The minimum atomic E-state index is 0.590. The molecule has 2 heterocycles. The lowest BCUT2D eigenvalue weighted by atomic mass is 10.2. The highest BCUT2D eigenvalue weighted by Gasteiger charge is 2.20. The maximum Gasteiger partial charge on any atom is 0.148 e. The minimum absolute atomic E-state index is 0.590. The summed E-state index contributed by atoms with van der Waals surface area (Å²) in [6.07, 6.45) is 0. The van der Waals surface area contributed by atoms with Crippen LogP contribution < -0.4 is 10.6 Å². The van der Waals surface area contributed by atoms with E-state index in [9.17, 15) is 0 Å². The molecule has 0 aliphatic heterocycles. The lowest BCUT2D eigenvalue weighted by molar-refractivity contribution is 0.621. The zero-order valence-electron chi connectivity index (χ0n) is 11.8. The third kappa shape index (κ3) is 3.06. The van der Waals surface area contributed by atoms with Crippen LogP contribution in [0.4, 0.5) is 10.8 Å². The van der Waals surface area contributed by atoms with Crippen molar-refractivity contribution in [3.8, 4) is 11.3 Å². The molecule has 4 nitrogen and oxygen atoms in total. The molecule has 2 aromatic rings. The molecule has 2 rings (SSSR count). The van der Waals surface area contributed by atoms with E-state index in [-0.39, 0.29) is 0 Å². The first-order valence-corrected chi connectivity index (χ1v) is 8.10. The topological polar surface area (TPSA) is 55.0 Å². The van der Waals surface area contributed by atoms with Crippen molar-refractivity contribution in [3.63, 3.8) is 0 Å². The molecule has 0 radical (unpaired) electrons. The Bertz CT molecular complexity index is 545. The summed E-state index contributed by atoms with van der Waals surface area (Å²) in [5, 5.41) is 4.25. The number of nitrogen functional groups attached to an aromatic ring is 1. The third-order valence-electron chi connectivity index (χ3n) is 2.83. The molecule has 0 aliphatic rings. The van der Waals surface area contributed by atoms with Gasteiger partial charge in [-0.3, -0.25) is 0 Å². The van der Waals surface area contributed by atoms with Gasteiger partial charge < -0.3 is 10.6 Å². The third-order valence-corrected chi connectivity index (χ3v) is 4.53. The molecule has 0 saturated heterocycles. The zero-order valence-corrected chi connectivity index (χ0v) is 13.4. The number of hydrogen-bond donors (Lipinski definition) is 1. The fourth-order valence-corrected chi connectivity index (χ4v) is 3.52. The van der Waals surface area contributed by atoms with Crippen molar-refractivity contribution in [2.45, 2.75) is 27.7 Å². The van der Waals surface area contributed by atoms with Crippen LogP contribution >= 0.6 is 22.9 Å². The number of aromatic nitrogens is 2. The summed E-state index contributed by atoms with van der Waals surface area (Å²) >= 11 is 3.12. The monoisotopic (exact) mass is 296 g/mol. The molecule has 2 N–H and O–H groups in total. The molecule has 0 spiro atoms. The summed E-state index contributed by atoms with van der Waals surface area (Å²) in [5.41, 5.74) is 7.99. The predicted octanol–water partition coefficient (Wildman–Crippen LogP) is 3.64. The van der Waals surface area contributed by atoms with Gasteiger partial charge in [-0.15, -0.1) is 11.3 Å². The standard InChI is InChI=1S/C13H20N4S2/c1-5-17(6-8(2)3)13-11(12(14)16-19-13)10-7-18-9(4)15-10/h7-8H,5-6H2,1-4H3,(H2,14,16). The van der Waals surface area contributed by atoms with Crippen molar-refractivity contribution in [1.82, 2.24) is 9.36 Å². The Hall–Kier alpha value is -1.14. The first-order valence-electron chi connectivity index (χ1n) is 6.45. The summed E-state index contributed by atoms with van der Waals surface area (Å²) in [4.78, 5) is 6.89. The van der Waals surface area contributed by atoms with Crippen LogP contribution in [0.1, 0.15) is 25.8 Å². The number of rotatable bonds is 5. The van der Waals surface area contributed by atoms with E-state index in [1.807, 2.05) is 6.92 Å². The molecule has 0 fully saturated rings. The van der Waals surface area contributed by atoms with E-state index < -0.39 is 0 Å². The van der Waals surface area contributed by atoms with Crippen LogP contribution in [0, 0.1) is 12.8 Å². The average Bonchev–Trinajstić information content (AvgIpc) is 2.92. The number of thiazole rings is 1. The summed E-state index contributed by atoms with van der Waals surface area (Å²) < 4.78 is 4.32. The maximum absolute atomic E-state index is 6.04. The fourth-order valence-electron chi connectivity index (χ4n) is 2.02. The van der Waals surface area contributed by atoms with Gasteiger partial charge >= 0.3 is 0 Å². The minimum Gasteiger partial charge on any atom is -0.382 e. The quantitative estimate of drug-likeness (QED) is 0.915. The van der Waals surface area contributed by atoms with Crippen LogP contribution in [0.5, 0.6) is 0 Å². The lowest BCUT2D eigenvalue weighted by Crippen LogP contribution is -2.26. The Kier molecular flexibility index (Phi) is 4.42. The summed E-state index contributed by atoms with van der Waals surface area (Å²) in [5.74, 6) is 1.20. The van der Waals surface area contributed by atoms with Crippen LogP contribution in [-0.2, 0) is 0 Å². The van der Waals surface area contributed by atoms with Gasteiger partial charge in [0.05, 0.1) is 16.3 Å². The second-order valence-electron chi connectivity index (χ2n) is 4.93.